The minimum atomic E-state index is -4.20. The molecule has 8 heteroatoms. The third-order valence-corrected chi connectivity index (χ3v) is 4.53. The number of nitrogens with one attached hydrogen (secondary N) is 1. The Morgan fingerprint density at radius 1 is 1.40 bits per heavy atom. The van der Waals surface area contributed by atoms with Crippen LogP contribution >= 0.6 is 0 Å². The highest BCUT2D eigenvalue weighted by atomic mass is 32.2. The maximum atomic E-state index is 13.7. The van der Waals surface area contributed by atoms with E-state index in [4.69, 9.17) is 9.84 Å². The van der Waals surface area contributed by atoms with E-state index in [0.717, 1.165) is 12.1 Å². The Balaban J connectivity index is 2.30. The molecular weight excluding hydrogens is 292 g/mol. The first kappa shape index (κ1) is 15.3. The molecular formula is C12H15F2NO4S. The normalized spacial score (nSPS) is 20.1. The fourth-order valence-electron chi connectivity index (χ4n) is 2.02. The number of sulfonamides is 1. The molecule has 1 saturated heterocycles. The van der Waals surface area contributed by atoms with Crippen LogP contribution in [0.4, 0.5) is 8.78 Å². The molecule has 1 aliphatic heterocycles. The van der Waals surface area contributed by atoms with Gasteiger partial charge in [-0.05, 0) is 30.5 Å². The van der Waals surface area contributed by atoms with Crippen LogP contribution in [0.2, 0.25) is 0 Å². The zero-order valence-corrected chi connectivity index (χ0v) is 11.4. The quantitative estimate of drug-likeness (QED) is 0.867. The fourth-order valence-corrected chi connectivity index (χ4v) is 3.41. The zero-order chi connectivity index (χ0) is 14.8. The molecule has 1 aliphatic rings. The molecule has 0 radical (unpaired) electrons. The molecule has 1 unspecified atom stereocenters. The van der Waals surface area contributed by atoms with Crippen LogP contribution in [0.1, 0.15) is 18.4 Å². The molecule has 1 fully saturated rings. The summed E-state index contributed by atoms with van der Waals surface area (Å²) in [6, 6.07) is 1.22. The Labute approximate surface area is 115 Å². The van der Waals surface area contributed by atoms with Crippen LogP contribution in [0.25, 0.3) is 0 Å². The first-order chi connectivity index (χ1) is 9.44. The molecule has 2 N–H and O–H groups in total. The molecule has 2 rings (SSSR count). The topological polar surface area (TPSA) is 75.6 Å². The monoisotopic (exact) mass is 307 g/mol. The van der Waals surface area contributed by atoms with Gasteiger partial charge in [-0.15, -0.1) is 0 Å². The lowest BCUT2D eigenvalue weighted by atomic mass is 10.1. The summed E-state index contributed by atoms with van der Waals surface area (Å²) in [6.45, 7) is 0.177. The van der Waals surface area contributed by atoms with Gasteiger partial charge in [0.25, 0.3) is 0 Å². The smallest absolute Gasteiger partial charge is 0.243 e. The molecule has 1 atom stereocenters. The summed E-state index contributed by atoms with van der Waals surface area (Å²) in [5, 5.41) is 8.94. The van der Waals surface area contributed by atoms with Crippen molar-refractivity contribution < 1.29 is 27.0 Å². The van der Waals surface area contributed by atoms with Crippen LogP contribution < -0.4 is 4.72 Å². The second-order valence-electron chi connectivity index (χ2n) is 4.58. The minimum absolute atomic E-state index is 0.0100. The summed E-state index contributed by atoms with van der Waals surface area (Å²) < 4.78 is 58.6. The van der Waals surface area contributed by atoms with E-state index < -0.39 is 39.2 Å². The number of aliphatic hydroxyl groups excluding tert-OH is 1. The number of aliphatic hydroxyl groups is 1. The van der Waals surface area contributed by atoms with Gasteiger partial charge >= 0.3 is 0 Å². The van der Waals surface area contributed by atoms with E-state index in [1.54, 1.807) is 0 Å². The molecule has 112 valence electrons. The van der Waals surface area contributed by atoms with Gasteiger partial charge in [-0.25, -0.2) is 21.9 Å². The molecule has 20 heavy (non-hydrogen) atoms. The number of ether oxygens (including phenoxy) is 1. The van der Waals surface area contributed by atoms with Crippen molar-refractivity contribution in [2.75, 3.05) is 13.2 Å². The number of hydrogen-bond acceptors (Lipinski definition) is 4. The SMILES string of the molecule is O=S(=O)(NC1CCCOC1)c1cc(CO)cc(F)c1F. The van der Waals surface area contributed by atoms with Crippen LogP contribution in [0, 0.1) is 11.6 Å². The first-order valence-electron chi connectivity index (χ1n) is 6.13. The van der Waals surface area contributed by atoms with E-state index in [-0.39, 0.29) is 12.2 Å². The summed E-state index contributed by atoms with van der Waals surface area (Å²) in [5.41, 5.74) is -0.0100. The lowest BCUT2D eigenvalue weighted by Crippen LogP contribution is -2.40. The van der Waals surface area contributed by atoms with Gasteiger partial charge in [0.1, 0.15) is 4.90 Å². The fraction of sp³-hybridized carbons (Fsp3) is 0.500. The van der Waals surface area contributed by atoms with Gasteiger partial charge in [0, 0.05) is 12.6 Å². The van der Waals surface area contributed by atoms with Crippen LogP contribution in [-0.4, -0.2) is 32.8 Å². The first-order valence-corrected chi connectivity index (χ1v) is 7.61. The highest BCUT2D eigenvalue weighted by Gasteiger charge is 2.27. The molecule has 0 aromatic heterocycles. The lowest BCUT2D eigenvalue weighted by molar-refractivity contribution is 0.0774. The third-order valence-electron chi connectivity index (χ3n) is 3.01. The van der Waals surface area contributed by atoms with Gasteiger partial charge in [-0.1, -0.05) is 0 Å². The van der Waals surface area contributed by atoms with Gasteiger partial charge in [-0.3, -0.25) is 0 Å². The highest BCUT2D eigenvalue weighted by Crippen LogP contribution is 2.21. The van der Waals surface area contributed by atoms with Crippen LogP contribution in [0.3, 0.4) is 0 Å². The standard InChI is InChI=1S/C12H15F2NO4S/c13-10-4-8(6-16)5-11(12(10)14)20(17,18)15-9-2-1-3-19-7-9/h4-5,9,15-16H,1-3,6-7H2. The maximum absolute atomic E-state index is 13.7. The van der Waals surface area contributed by atoms with Gasteiger partial charge in [0.05, 0.1) is 13.2 Å². The number of benzene rings is 1. The van der Waals surface area contributed by atoms with E-state index in [2.05, 4.69) is 4.72 Å². The van der Waals surface area contributed by atoms with Crippen molar-refractivity contribution in [3.63, 3.8) is 0 Å². The van der Waals surface area contributed by atoms with Gasteiger partial charge in [0.2, 0.25) is 10.0 Å². The predicted molar refractivity (Wildman–Crippen MR) is 66.4 cm³/mol. The van der Waals surface area contributed by atoms with Crippen molar-refractivity contribution >= 4 is 10.0 Å². The van der Waals surface area contributed by atoms with Crippen molar-refractivity contribution in [2.24, 2.45) is 0 Å². The zero-order valence-electron chi connectivity index (χ0n) is 10.6. The molecule has 0 spiro atoms. The molecule has 1 aromatic carbocycles. The summed E-state index contributed by atoms with van der Waals surface area (Å²) in [5.74, 6) is -2.76. The Morgan fingerprint density at radius 3 is 2.75 bits per heavy atom. The van der Waals surface area contributed by atoms with E-state index in [9.17, 15) is 17.2 Å². The van der Waals surface area contributed by atoms with Crippen molar-refractivity contribution in [2.45, 2.75) is 30.4 Å². The second-order valence-corrected chi connectivity index (χ2v) is 6.27. The second kappa shape index (κ2) is 6.13. The van der Waals surface area contributed by atoms with Crippen LogP contribution in [0.5, 0.6) is 0 Å². The number of hydrogen-bond donors (Lipinski definition) is 2. The maximum Gasteiger partial charge on any atom is 0.243 e. The molecule has 0 bridgehead atoms. The Morgan fingerprint density at radius 2 is 2.15 bits per heavy atom. The van der Waals surface area contributed by atoms with Gasteiger partial charge in [-0.2, -0.15) is 0 Å². The number of rotatable bonds is 4. The Kier molecular flexibility index (Phi) is 4.69. The highest BCUT2D eigenvalue weighted by molar-refractivity contribution is 7.89. The summed E-state index contributed by atoms with van der Waals surface area (Å²) in [6.07, 6.45) is 1.27. The van der Waals surface area contributed by atoms with Crippen molar-refractivity contribution in [3.05, 3.63) is 29.3 Å². The molecule has 1 heterocycles. The van der Waals surface area contributed by atoms with Crippen LogP contribution in [0.15, 0.2) is 17.0 Å². The lowest BCUT2D eigenvalue weighted by Gasteiger charge is -2.23. The average Bonchev–Trinajstić information content (AvgIpc) is 2.42. The van der Waals surface area contributed by atoms with E-state index in [1.165, 1.54) is 0 Å². The third kappa shape index (κ3) is 3.32. The van der Waals surface area contributed by atoms with E-state index in [1.807, 2.05) is 0 Å². The average molecular weight is 307 g/mol. The summed E-state index contributed by atoms with van der Waals surface area (Å²) in [4.78, 5) is -0.799. The van der Waals surface area contributed by atoms with Crippen molar-refractivity contribution in [3.8, 4) is 0 Å². The molecule has 0 saturated carbocycles. The summed E-state index contributed by atoms with van der Waals surface area (Å²) >= 11 is 0. The predicted octanol–water partition coefficient (Wildman–Crippen LogP) is 0.914. The van der Waals surface area contributed by atoms with E-state index in [0.29, 0.717) is 19.4 Å². The largest absolute Gasteiger partial charge is 0.392 e. The van der Waals surface area contributed by atoms with E-state index >= 15 is 0 Å². The van der Waals surface area contributed by atoms with Gasteiger partial charge in [0.15, 0.2) is 11.6 Å². The molecule has 1 aromatic rings. The van der Waals surface area contributed by atoms with Gasteiger partial charge < -0.3 is 9.84 Å². The number of halogens is 2. The Bertz CT molecular complexity index is 585. The molecule has 0 amide bonds. The minimum Gasteiger partial charge on any atom is -0.392 e. The summed E-state index contributed by atoms with van der Waals surface area (Å²) in [7, 11) is -4.20. The van der Waals surface area contributed by atoms with Crippen molar-refractivity contribution in [1.29, 1.82) is 0 Å². The van der Waals surface area contributed by atoms with Crippen LogP contribution in [-0.2, 0) is 21.4 Å². The van der Waals surface area contributed by atoms with Crippen molar-refractivity contribution in [1.82, 2.24) is 4.72 Å². The molecule has 5 nitrogen and oxygen atoms in total. The molecule has 0 aliphatic carbocycles. The Hall–Kier alpha value is -1.09.